The molecule has 1 atom stereocenters. The van der Waals surface area contributed by atoms with Crippen molar-refractivity contribution in [3.63, 3.8) is 0 Å². The summed E-state index contributed by atoms with van der Waals surface area (Å²) in [5.74, 6) is -0.642. The van der Waals surface area contributed by atoms with Gasteiger partial charge in [-0.3, -0.25) is 0 Å². The second-order valence-electron chi connectivity index (χ2n) is 3.44. The molecule has 1 N–H and O–H groups in total. The van der Waals surface area contributed by atoms with Gasteiger partial charge in [-0.2, -0.15) is 0 Å². The maximum Gasteiger partial charge on any atom is 0.339 e. The Labute approximate surface area is 91.4 Å². The number of carbonyl (C=O) groups excluding carboxylic acids is 1. The third kappa shape index (κ3) is 5.40. The molecule has 0 fully saturated rings. The van der Waals surface area contributed by atoms with Gasteiger partial charge in [0.2, 0.25) is 0 Å². The average molecular weight is 212 g/mol. The molecular weight excluding hydrogens is 192 g/mol. The van der Waals surface area contributed by atoms with Crippen molar-refractivity contribution < 1.29 is 14.6 Å². The number of aliphatic hydroxyl groups is 1. The maximum atomic E-state index is 11.0. The van der Waals surface area contributed by atoms with Crippen molar-refractivity contribution in [3.05, 3.63) is 17.9 Å². The molecule has 3 nitrogen and oxygen atoms in total. The molecule has 0 heterocycles. The predicted octanol–water partition coefficient (Wildman–Crippen LogP) is 2.20. The van der Waals surface area contributed by atoms with Crippen LogP contribution in [0.5, 0.6) is 0 Å². The van der Waals surface area contributed by atoms with Gasteiger partial charge >= 0.3 is 5.97 Å². The first-order valence-electron chi connectivity index (χ1n) is 5.32. The zero-order valence-electron chi connectivity index (χ0n) is 9.58. The molecule has 0 aromatic carbocycles. The van der Waals surface area contributed by atoms with Gasteiger partial charge in [0.05, 0.1) is 7.11 Å². The van der Waals surface area contributed by atoms with Crippen LogP contribution in [0.1, 0.15) is 39.0 Å². The number of ether oxygens (including phenoxy) is 1. The molecular formula is C12H20O3. The minimum absolute atomic E-state index is 0.526. The number of aliphatic hydroxyl groups excluding tert-OH is 1. The predicted molar refractivity (Wildman–Crippen MR) is 59.4 cm³/mol. The highest BCUT2D eigenvalue weighted by Crippen LogP contribution is 2.13. The van der Waals surface area contributed by atoms with Crippen LogP contribution in [-0.2, 0) is 9.53 Å². The summed E-state index contributed by atoms with van der Waals surface area (Å²) in [6, 6.07) is 0. The van der Waals surface area contributed by atoms with E-state index in [9.17, 15) is 9.90 Å². The van der Waals surface area contributed by atoms with E-state index >= 15 is 0 Å². The van der Waals surface area contributed by atoms with E-state index < -0.39 is 12.1 Å². The van der Waals surface area contributed by atoms with Crippen LogP contribution in [-0.4, -0.2) is 24.3 Å². The van der Waals surface area contributed by atoms with Crippen LogP contribution >= 0.6 is 0 Å². The molecule has 15 heavy (non-hydrogen) atoms. The summed E-state index contributed by atoms with van der Waals surface area (Å²) >= 11 is 0. The molecule has 0 aromatic heterocycles. The average Bonchev–Trinajstić information content (AvgIpc) is 2.27. The summed E-state index contributed by atoms with van der Waals surface area (Å²) in [4.78, 5) is 11.0. The topological polar surface area (TPSA) is 46.5 Å². The van der Waals surface area contributed by atoms with Crippen molar-refractivity contribution in [2.75, 3.05) is 7.11 Å². The van der Waals surface area contributed by atoms with E-state index in [0.717, 1.165) is 19.3 Å². The van der Waals surface area contributed by atoms with Crippen LogP contribution in [0, 0.1) is 0 Å². The van der Waals surface area contributed by atoms with E-state index in [4.69, 9.17) is 0 Å². The molecule has 0 aliphatic carbocycles. The first kappa shape index (κ1) is 13.9. The first-order chi connectivity index (χ1) is 7.17. The quantitative estimate of drug-likeness (QED) is 0.400. The Morgan fingerprint density at radius 1 is 1.47 bits per heavy atom. The lowest BCUT2D eigenvalue weighted by Crippen LogP contribution is -2.23. The van der Waals surface area contributed by atoms with Gasteiger partial charge in [-0.1, -0.05) is 32.8 Å². The Balaban J connectivity index is 4.04. The third-order valence-electron chi connectivity index (χ3n) is 2.28. The van der Waals surface area contributed by atoms with Gasteiger partial charge in [-0.25, -0.2) is 4.79 Å². The van der Waals surface area contributed by atoms with E-state index in [-0.39, 0.29) is 0 Å². The molecule has 0 amide bonds. The lowest BCUT2D eigenvalue weighted by molar-refractivity contribution is -0.148. The minimum atomic E-state index is -1.20. The second-order valence-corrected chi connectivity index (χ2v) is 3.44. The molecule has 0 aromatic rings. The van der Waals surface area contributed by atoms with E-state index in [0.29, 0.717) is 12.0 Å². The molecule has 0 bridgehead atoms. The second kappa shape index (κ2) is 8.27. The monoisotopic (exact) mass is 212 g/mol. The number of esters is 1. The van der Waals surface area contributed by atoms with Gasteiger partial charge in [-0.05, 0) is 12.8 Å². The Hall–Kier alpha value is -1.05. The molecule has 3 heteroatoms. The van der Waals surface area contributed by atoms with E-state index in [2.05, 4.69) is 24.0 Å². The summed E-state index contributed by atoms with van der Waals surface area (Å²) < 4.78 is 4.44. The first-order valence-corrected chi connectivity index (χ1v) is 5.32. The molecule has 0 saturated carbocycles. The molecule has 0 aliphatic rings. The molecule has 0 aliphatic heterocycles. The minimum Gasteiger partial charge on any atom is -0.467 e. The highest BCUT2D eigenvalue weighted by Gasteiger charge is 2.19. The number of unbranched alkanes of at least 4 members (excludes halogenated alkanes) is 3. The zero-order chi connectivity index (χ0) is 11.7. The summed E-state index contributed by atoms with van der Waals surface area (Å²) in [6.07, 6.45) is 3.81. The van der Waals surface area contributed by atoms with Gasteiger partial charge in [0.25, 0.3) is 0 Å². The maximum absolute atomic E-state index is 11.0. The zero-order valence-corrected chi connectivity index (χ0v) is 9.58. The van der Waals surface area contributed by atoms with Gasteiger partial charge in [0.15, 0.2) is 6.10 Å². The number of hydrogen-bond acceptors (Lipinski definition) is 3. The summed E-state index contributed by atoms with van der Waals surface area (Å²) in [5.41, 5.74) is 3.14. The highest BCUT2D eigenvalue weighted by molar-refractivity contribution is 5.77. The van der Waals surface area contributed by atoms with Crippen LogP contribution in [0.15, 0.2) is 17.9 Å². The SMILES string of the molecule is C=C=C(CCCCCC)C(O)C(=O)OC. The molecule has 0 saturated heterocycles. The van der Waals surface area contributed by atoms with Crippen molar-refractivity contribution in [3.8, 4) is 0 Å². The largest absolute Gasteiger partial charge is 0.467 e. The van der Waals surface area contributed by atoms with Gasteiger partial charge in [0, 0.05) is 5.57 Å². The van der Waals surface area contributed by atoms with E-state index in [1.165, 1.54) is 13.5 Å². The summed E-state index contributed by atoms with van der Waals surface area (Å²) in [7, 11) is 1.25. The van der Waals surface area contributed by atoms with Crippen LogP contribution in [0.25, 0.3) is 0 Å². The molecule has 0 spiro atoms. The van der Waals surface area contributed by atoms with E-state index in [1.807, 2.05) is 0 Å². The fourth-order valence-electron chi connectivity index (χ4n) is 1.32. The van der Waals surface area contributed by atoms with Crippen molar-refractivity contribution >= 4 is 5.97 Å². The number of hydrogen-bond donors (Lipinski definition) is 1. The lowest BCUT2D eigenvalue weighted by Gasteiger charge is -2.10. The standard InChI is InChI=1S/C12H20O3/c1-4-6-7-8-9-10(5-2)11(13)12(14)15-3/h11,13H,2,4,6-9H2,1,3H3. The van der Waals surface area contributed by atoms with Crippen molar-refractivity contribution in [2.24, 2.45) is 0 Å². The highest BCUT2D eigenvalue weighted by atomic mass is 16.5. The van der Waals surface area contributed by atoms with Crippen LogP contribution in [0.2, 0.25) is 0 Å². The van der Waals surface area contributed by atoms with Gasteiger partial charge in [0.1, 0.15) is 0 Å². The Morgan fingerprint density at radius 3 is 2.60 bits per heavy atom. The Bertz CT molecular complexity index is 239. The van der Waals surface area contributed by atoms with Gasteiger partial charge < -0.3 is 9.84 Å². The van der Waals surface area contributed by atoms with Crippen LogP contribution in [0.3, 0.4) is 0 Å². The number of carbonyl (C=O) groups is 1. The van der Waals surface area contributed by atoms with Crippen molar-refractivity contribution in [1.29, 1.82) is 0 Å². The van der Waals surface area contributed by atoms with Crippen LogP contribution < -0.4 is 0 Å². The normalized spacial score (nSPS) is 11.7. The fraction of sp³-hybridized carbons (Fsp3) is 0.667. The lowest BCUT2D eigenvalue weighted by atomic mass is 10.0. The number of rotatable bonds is 7. The molecule has 0 radical (unpaired) electrons. The van der Waals surface area contributed by atoms with Crippen molar-refractivity contribution in [1.82, 2.24) is 0 Å². The third-order valence-corrected chi connectivity index (χ3v) is 2.28. The van der Waals surface area contributed by atoms with Crippen molar-refractivity contribution in [2.45, 2.75) is 45.1 Å². The molecule has 0 rings (SSSR count). The summed E-state index contributed by atoms with van der Waals surface area (Å²) in [5, 5.41) is 9.52. The molecule has 86 valence electrons. The Morgan fingerprint density at radius 2 is 2.13 bits per heavy atom. The van der Waals surface area contributed by atoms with E-state index in [1.54, 1.807) is 0 Å². The number of methoxy groups -OCH3 is 1. The smallest absolute Gasteiger partial charge is 0.339 e. The summed E-state index contributed by atoms with van der Waals surface area (Å²) in [6.45, 7) is 5.60. The van der Waals surface area contributed by atoms with Gasteiger partial charge in [-0.15, -0.1) is 5.73 Å². The molecule has 1 unspecified atom stereocenters. The Kier molecular flexibility index (Phi) is 7.69. The fourth-order valence-corrected chi connectivity index (χ4v) is 1.32. The van der Waals surface area contributed by atoms with Crippen LogP contribution in [0.4, 0.5) is 0 Å².